The number of halogens is 2. The predicted molar refractivity (Wildman–Crippen MR) is 166 cm³/mol. The van der Waals surface area contributed by atoms with Gasteiger partial charge in [0.05, 0.1) is 45.6 Å². The van der Waals surface area contributed by atoms with E-state index in [2.05, 4.69) is 43.7 Å². The molecule has 1 aliphatic heterocycles. The van der Waals surface area contributed by atoms with Gasteiger partial charge in [0.25, 0.3) is 0 Å². The molecule has 43 heavy (non-hydrogen) atoms. The van der Waals surface area contributed by atoms with E-state index in [0.29, 0.717) is 58.2 Å². The van der Waals surface area contributed by atoms with Crippen LogP contribution in [0.25, 0.3) is 10.9 Å². The summed E-state index contributed by atoms with van der Waals surface area (Å²) in [5.41, 5.74) is 11.6. The van der Waals surface area contributed by atoms with Gasteiger partial charge in [-0.15, -0.1) is 5.53 Å². The highest BCUT2D eigenvalue weighted by atomic mass is 35.5. The number of rotatable bonds is 11. The summed E-state index contributed by atoms with van der Waals surface area (Å²) in [4.78, 5) is 4.52. The molecule has 4 aromatic rings. The summed E-state index contributed by atoms with van der Waals surface area (Å²) in [7, 11) is 0. The number of unbranched alkanes of at least 4 members (excludes halogenated alkanes) is 1. The van der Waals surface area contributed by atoms with Gasteiger partial charge < -0.3 is 16.1 Å². The number of benzene rings is 3. The number of hydrogen-bond acceptors (Lipinski definition) is 8. The van der Waals surface area contributed by atoms with E-state index in [-0.39, 0.29) is 17.9 Å². The van der Waals surface area contributed by atoms with Crippen molar-refractivity contribution in [1.82, 2.24) is 21.0 Å². The summed E-state index contributed by atoms with van der Waals surface area (Å²) < 4.78 is 13.9. The minimum absolute atomic E-state index is 0.137. The zero-order valence-electron chi connectivity index (χ0n) is 23.3. The summed E-state index contributed by atoms with van der Waals surface area (Å²) in [5.74, 6) is -0.309. The third kappa shape index (κ3) is 6.34. The van der Waals surface area contributed by atoms with Crippen molar-refractivity contribution in [3.63, 3.8) is 0 Å². The van der Waals surface area contributed by atoms with Crippen LogP contribution in [0.3, 0.4) is 0 Å². The number of hydrogen-bond donors (Lipinski definition) is 4. The van der Waals surface area contributed by atoms with Crippen molar-refractivity contribution < 1.29 is 4.39 Å². The number of hydrazine groups is 2. The van der Waals surface area contributed by atoms with Crippen LogP contribution in [0.1, 0.15) is 60.9 Å². The molecule has 2 atom stereocenters. The van der Waals surface area contributed by atoms with Gasteiger partial charge in [-0.25, -0.2) is 4.39 Å². The summed E-state index contributed by atoms with van der Waals surface area (Å²) in [6.45, 7) is 0. The molecule has 2 aliphatic rings. The van der Waals surface area contributed by atoms with Gasteiger partial charge in [-0.1, -0.05) is 54.1 Å². The Kier molecular flexibility index (Phi) is 8.28. The maximum atomic E-state index is 13.9. The van der Waals surface area contributed by atoms with E-state index in [1.807, 2.05) is 48.7 Å². The third-order valence-corrected chi connectivity index (χ3v) is 8.01. The Bertz CT molecular complexity index is 1720. The van der Waals surface area contributed by atoms with Gasteiger partial charge in [-0.05, 0) is 61.1 Å². The normalized spacial score (nSPS) is 15.6. The van der Waals surface area contributed by atoms with Gasteiger partial charge in [0.1, 0.15) is 11.9 Å². The average molecular weight is 593 g/mol. The quantitative estimate of drug-likeness (QED) is 0.135. The topological polar surface area (TPSA) is 112 Å². The van der Waals surface area contributed by atoms with E-state index in [1.165, 1.54) is 18.3 Å². The standard InChI is InChI=1S/C33H30ClFN8/c34-28-17-25(39-32(22-9-11-24(35)12-10-22)30-20-43(42-41-30)26-13-14-26)16-27-31(23(18-37)19-38-33(27)28)40-29(8-4-5-15-36)21-6-2-1-3-7-21/h1-3,6-7,9-12,16-17,19-20,26,29,32,39,41-42H,4-5,8,13-14H2,(H,38,40). The number of nitrogens with zero attached hydrogens (tertiary/aromatic N) is 4. The molecule has 3 aromatic carbocycles. The van der Waals surface area contributed by atoms with E-state index >= 15 is 0 Å². The van der Waals surface area contributed by atoms with Crippen LogP contribution < -0.4 is 21.6 Å². The number of fused-ring (bicyclic) bond motifs is 1. The SMILES string of the molecule is N#CCCCC(Nc1c(C#N)cnc2c(Cl)cc(NC(C3=CN(C4CC4)NN3)c3ccc(F)cc3)cc12)c1ccccc1. The van der Waals surface area contributed by atoms with Gasteiger partial charge in [-0.2, -0.15) is 10.5 Å². The third-order valence-electron chi connectivity index (χ3n) is 7.72. The molecular weight excluding hydrogens is 563 g/mol. The Hall–Kier alpha value is -4.83. The first-order valence-electron chi connectivity index (χ1n) is 14.3. The van der Waals surface area contributed by atoms with Gasteiger partial charge in [0.2, 0.25) is 0 Å². The average Bonchev–Trinajstić information content (AvgIpc) is 3.77. The van der Waals surface area contributed by atoms with Crippen LogP contribution in [0.5, 0.6) is 0 Å². The fourth-order valence-electron chi connectivity index (χ4n) is 5.35. The van der Waals surface area contributed by atoms with Crippen molar-refractivity contribution in [2.24, 2.45) is 0 Å². The van der Waals surface area contributed by atoms with Crippen molar-refractivity contribution in [3.05, 3.63) is 112 Å². The minimum Gasteiger partial charge on any atom is -0.377 e. The Morgan fingerprint density at radius 1 is 1.05 bits per heavy atom. The number of nitrogens with one attached hydrogen (secondary N) is 4. The van der Waals surface area contributed by atoms with Crippen molar-refractivity contribution in [2.45, 2.75) is 50.2 Å². The van der Waals surface area contributed by atoms with Crippen molar-refractivity contribution in [1.29, 1.82) is 10.5 Å². The van der Waals surface area contributed by atoms with Gasteiger partial charge in [0, 0.05) is 35.9 Å². The first-order chi connectivity index (χ1) is 21.0. The van der Waals surface area contributed by atoms with Crippen LogP contribution in [-0.4, -0.2) is 16.0 Å². The smallest absolute Gasteiger partial charge is 0.123 e. The minimum atomic E-state index is -0.350. The number of anilines is 2. The Morgan fingerprint density at radius 3 is 2.56 bits per heavy atom. The monoisotopic (exact) mass is 592 g/mol. The summed E-state index contributed by atoms with van der Waals surface area (Å²) >= 11 is 6.82. The van der Waals surface area contributed by atoms with E-state index in [4.69, 9.17) is 16.9 Å². The van der Waals surface area contributed by atoms with E-state index < -0.39 is 0 Å². The molecule has 1 aromatic heterocycles. The summed E-state index contributed by atoms with van der Waals surface area (Å²) in [5, 5.41) is 29.6. The van der Waals surface area contributed by atoms with Crippen LogP contribution in [-0.2, 0) is 0 Å². The molecule has 1 aliphatic carbocycles. The van der Waals surface area contributed by atoms with Crippen molar-refractivity contribution >= 4 is 33.9 Å². The highest BCUT2D eigenvalue weighted by molar-refractivity contribution is 6.35. The summed E-state index contributed by atoms with van der Waals surface area (Å²) in [6.07, 6.45) is 7.66. The molecule has 0 radical (unpaired) electrons. The highest BCUT2D eigenvalue weighted by Crippen LogP contribution is 2.38. The fourth-order valence-corrected chi connectivity index (χ4v) is 5.62. The summed E-state index contributed by atoms with van der Waals surface area (Å²) in [6, 6.07) is 24.6. The zero-order chi connectivity index (χ0) is 29.8. The van der Waals surface area contributed by atoms with Crippen LogP contribution in [0.4, 0.5) is 15.8 Å². The fraction of sp³-hybridized carbons (Fsp3) is 0.242. The second-order valence-corrected chi connectivity index (χ2v) is 11.2. The molecular formula is C33H30ClFN8. The molecule has 0 saturated heterocycles. The molecule has 8 nitrogen and oxygen atoms in total. The molecule has 6 rings (SSSR count). The highest BCUT2D eigenvalue weighted by Gasteiger charge is 2.32. The molecule has 216 valence electrons. The second kappa shape index (κ2) is 12.6. The van der Waals surface area contributed by atoms with Crippen molar-refractivity contribution in [2.75, 3.05) is 10.6 Å². The first-order valence-corrected chi connectivity index (χ1v) is 14.7. The molecule has 0 amide bonds. The van der Waals surface area contributed by atoms with Gasteiger partial charge in [0.15, 0.2) is 0 Å². The van der Waals surface area contributed by atoms with Crippen LogP contribution in [0, 0.1) is 28.5 Å². The van der Waals surface area contributed by atoms with Crippen LogP contribution in [0.15, 0.2) is 84.8 Å². The zero-order valence-corrected chi connectivity index (χ0v) is 24.1. The molecule has 0 spiro atoms. The van der Waals surface area contributed by atoms with Crippen molar-refractivity contribution in [3.8, 4) is 12.1 Å². The lowest BCUT2D eigenvalue weighted by atomic mass is 9.99. The lowest BCUT2D eigenvalue weighted by molar-refractivity contribution is 0.260. The van der Waals surface area contributed by atoms with Crippen LogP contribution >= 0.6 is 11.6 Å². The number of nitriles is 2. The Balaban J connectivity index is 1.40. The lowest BCUT2D eigenvalue weighted by Gasteiger charge is -2.24. The largest absolute Gasteiger partial charge is 0.377 e. The van der Waals surface area contributed by atoms with E-state index in [0.717, 1.165) is 29.7 Å². The molecule has 0 bridgehead atoms. The van der Waals surface area contributed by atoms with Crippen LogP contribution in [0.2, 0.25) is 5.02 Å². The number of aromatic nitrogens is 1. The second-order valence-electron chi connectivity index (χ2n) is 10.8. The predicted octanol–water partition coefficient (Wildman–Crippen LogP) is 7.23. The van der Waals surface area contributed by atoms with E-state index in [1.54, 1.807) is 12.1 Å². The first kappa shape index (κ1) is 28.3. The number of pyridine rings is 1. The molecule has 2 unspecified atom stereocenters. The lowest BCUT2D eigenvalue weighted by Crippen LogP contribution is -2.38. The maximum Gasteiger partial charge on any atom is 0.123 e. The molecule has 1 fully saturated rings. The molecule has 10 heteroatoms. The molecule has 1 saturated carbocycles. The Morgan fingerprint density at radius 2 is 1.84 bits per heavy atom. The van der Waals surface area contributed by atoms with E-state index in [9.17, 15) is 9.65 Å². The van der Waals surface area contributed by atoms with Gasteiger partial charge >= 0.3 is 0 Å². The maximum absolute atomic E-state index is 13.9. The van der Waals surface area contributed by atoms with Gasteiger partial charge in [-0.3, -0.25) is 9.99 Å². The molecule has 2 heterocycles. The Labute approximate surface area is 254 Å². The molecule has 4 N–H and O–H groups in total.